The largest absolute Gasteiger partial charge is 0.481 e. The zero-order valence-corrected chi connectivity index (χ0v) is 15.2. The Bertz CT molecular complexity index is 1010. The van der Waals surface area contributed by atoms with Crippen molar-refractivity contribution in [3.63, 3.8) is 0 Å². The van der Waals surface area contributed by atoms with Crippen molar-refractivity contribution in [1.82, 2.24) is 9.97 Å². The Balaban J connectivity index is 2.04. The van der Waals surface area contributed by atoms with E-state index < -0.39 is 11.5 Å². The summed E-state index contributed by atoms with van der Waals surface area (Å²) in [5.74, 6) is 0.154. The third-order valence-corrected chi connectivity index (χ3v) is 5.09. The number of nitrogens with two attached hydrogens (primary N) is 2. The molecule has 4 rings (SSSR count). The second-order valence-corrected chi connectivity index (χ2v) is 7.32. The van der Waals surface area contributed by atoms with Crippen molar-refractivity contribution in [2.24, 2.45) is 10.9 Å². The van der Waals surface area contributed by atoms with Gasteiger partial charge < -0.3 is 15.5 Å². The molecular formula is C19H18N4O2S. The topological polar surface area (TPSA) is 107 Å². The van der Waals surface area contributed by atoms with Crippen LogP contribution in [0.2, 0.25) is 0 Å². The molecule has 3 aromatic rings. The van der Waals surface area contributed by atoms with E-state index in [1.54, 1.807) is 12.4 Å². The van der Waals surface area contributed by atoms with Crippen molar-refractivity contribution >= 4 is 17.9 Å². The number of fused-ring (bicyclic) bond motifs is 3. The fourth-order valence-electron chi connectivity index (χ4n) is 3.47. The van der Waals surface area contributed by atoms with Crippen LogP contribution in [0.4, 0.5) is 0 Å². The van der Waals surface area contributed by atoms with Gasteiger partial charge in [0.2, 0.25) is 0 Å². The van der Waals surface area contributed by atoms with Crippen LogP contribution in [-0.4, -0.2) is 15.9 Å². The molecular weight excluding hydrogens is 348 g/mol. The number of pyridine rings is 1. The van der Waals surface area contributed by atoms with Gasteiger partial charge in [0.1, 0.15) is 17.0 Å². The SMILES string of the molecule is CC1(C)Oc2cnccc2-c2[nH]c(C(N)=O)c(-c3ccc(SN)cc3)c21. The molecule has 0 saturated carbocycles. The van der Waals surface area contributed by atoms with E-state index in [0.717, 1.165) is 32.8 Å². The Hall–Kier alpha value is -2.77. The Morgan fingerprint density at radius 3 is 2.62 bits per heavy atom. The van der Waals surface area contributed by atoms with Crippen LogP contribution in [0.5, 0.6) is 5.75 Å². The molecule has 3 heterocycles. The first kappa shape index (κ1) is 16.7. The number of primary amides is 1. The van der Waals surface area contributed by atoms with Gasteiger partial charge in [0.05, 0.1) is 11.9 Å². The summed E-state index contributed by atoms with van der Waals surface area (Å²) in [4.78, 5) is 20.5. The van der Waals surface area contributed by atoms with E-state index in [1.165, 1.54) is 11.9 Å². The Morgan fingerprint density at radius 1 is 1.23 bits per heavy atom. The quantitative estimate of drug-likeness (QED) is 0.616. The minimum atomic E-state index is -0.661. The molecule has 0 atom stereocenters. The highest BCUT2D eigenvalue weighted by Gasteiger charge is 2.39. The number of carbonyl (C=O) groups is 1. The predicted octanol–water partition coefficient (Wildman–Crippen LogP) is 3.44. The summed E-state index contributed by atoms with van der Waals surface area (Å²) in [5.41, 5.74) is 9.61. The van der Waals surface area contributed by atoms with Gasteiger partial charge in [0.25, 0.3) is 5.91 Å². The number of rotatable bonds is 3. The van der Waals surface area contributed by atoms with Crippen LogP contribution in [-0.2, 0) is 5.60 Å². The minimum absolute atomic E-state index is 0.365. The number of aromatic nitrogens is 2. The highest BCUT2D eigenvalue weighted by atomic mass is 32.2. The number of nitrogens with one attached hydrogen (secondary N) is 1. The molecule has 0 bridgehead atoms. The van der Waals surface area contributed by atoms with E-state index in [2.05, 4.69) is 9.97 Å². The van der Waals surface area contributed by atoms with Gasteiger partial charge in [-0.15, -0.1) is 0 Å². The van der Waals surface area contributed by atoms with Gasteiger partial charge in [-0.1, -0.05) is 12.1 Å². The normalized spacial score (nSPS) is 14.3. The number of hydrogen-bond acceptors (Lipinski definition) is 5. The van der Waals surface area contributed by atoms with E-state index in [4.69, 9.17) is 15.6 Å². The summed E-state index contributed by atoms with van der Waals surface area (Å²) in [7, 11) is 0. The van der Waals surface area contributed by atoms with Crippen LogP contribution in [0.3, 0.4) is 0 Å². The highest BCUT2D eigenvalue weighted by molar-refractivity contribution is 7.97. The number of aromatic amines is 1. The molecule has 1 aromatic carbocycles. The average molecular weight is 366 g/mol. The molecule has 1 aliphatic rings. The predicted molar refractivity (Wildman–Crippen MR) is 102 cm³/mol. The molecule has 0 unspecified atom stereocenters. The van der Waals surface area contributed by atoms with Crippen molar-refractivity contribution in [2.75, 3.05) is 0 Å². The number of hydrogen-bond donors (Lipinski definition) is 3. The Kier molecular flexibility index (Phi) is 3.78. The number of ether oxygens (including phenoxy) is 1. The van der Waals surface area contributed by atoms with E-state index >= 15 is 0 Å². The first-order chi connectivity index (χ1) is 12.4. The standard InChI is InChI=1S/C19H18N4O2S/c1-19(2)15-14(10-3-5-11(26-21)6-4-10)17(18(20)24)23-16(15)12-7-8-22-9-13(12)25-19/h3-9,23H,21H2,1-2H3,(H2,20,24). The van der Waals surface area contributed by atoms with Crippen LogP contribution in [0.15, 0.2) is 47.6 Å². The second-order valence-electron chi connectivity index (χ2n) is 6.62. The van der Waals surface area contributed by atoms with Gasteiger partial charge in [0.15, 0.2) is 0 Å². The van der Waals surface area contributed by atoms with Crippen molar-refractivity contribution < 1.29 is 9.53 Å². The van der Waals surface area contributed by atoms with Crippen molar-refractivity contribution in [3.8, 4) is 28.1 Å². The summed E-state index contributed by atoms with van der Waals surface area (Å²) in [6.45, 7) is 3.93. The third kappa shape index (κ3) is 2.48. The molecule has 0 aliphatic carbocycles. The van der Waals surface area contributed by atoms with E-state index in [1.807, 2.05) is 44.2 Å². The van der Waals surface area contributed by atoms with Crippen molar-refractivity contribution in [2.45, 2.75) is 24.3 Å². The number of nitrogens with zero attached hydrogens (tertiary/aromatic N) is 1. The van der Waals surface area contributed by atoms with Gasteiger partial charge in [-0.05, 0) is 49.6 Å². The molecule has 1 amide bonds. The maximum Gasteiger partial charge on any atom is 0.265 e. The fourth-order valence-corrected chi connectivity index (χ4v) is 3.76. The van der Waals surface area contributed by atoms with E-state index in [9.17, 15) is 4.79 Å². The summed E-state index contributed by atoms with van der Waals surface area (Å²) >= 11 is 1.17. The minimum Gasteiger partial charge on any atom is -0.481 e. The molecule has 0 spiro atoms. The number of amides is 1. The molecule has 6 nitrogen and oxygen atoms in total. The number of H-pyrrole nitrogens is 1. The molecule has 7 heteroatoms. The zero-order chi connectivity index (χ0) is 18.5. The van der Waals surface area contributed by atoms with Gasteiger partial charge in [-0.2, -0.15) is 0 Å². The van der Waals surface area contributed by atoms with Gasteiger partial charge in [0, 0.05) is 27.8 Å². The van der Waals surface area contributed by atoms with E-state index in [0.29, 0.717) is 11.4 Å². The van der Waals surface area contributed by atoms with Gasteiger partial charge in [-0.25, -0.2) is 0 Å². The summed E-state index contributed by atoms with van der Waals surface area (Å²) in [6, 6.07) is 9.56. The van der Waals surface area contributed by atoms with Gasteiger partial charge in [-0.3, -0.25) is 14.9 Å². The van der Waals surface area contributed by atoms with Crippen LogP contribution in [0.1, 0.15) is 29.9 Å². The first-order valence-corrected chi connectivity index (χ1v) is 8.97. The molecule has 5 N–H and O–H groups in total. The smallest absolute Gasteiger partial charge is 0.265 e. The van der Waals surface area contributed by atoms with Crippen LogP contribution < -0.4 is 15.6 Å². The summed E-state index contributed by atoms with van der Waals surface area (Å²) in [6.07, 6.45) is 3.37. The lowest BCUT2D eigenvalue weighted by Gasteiger charge is -2.33. The van der Waals surface area contributed by atoms with E-state index in [-0.39, 0.29) is 0 Å². The van der Waals surface area contributed by atoms with Crippen molar-refractivity contribution in [3.05, 3.63) is 54.0 Å². The third-order valence-electron chi connectivity index (χ3n) is 4.55. The van der Waals surface area contributed by atoms with Crippen LogP contribution >= 0.6 is 11.9 Å². The van der Waals surface area contributed by atoms with Gasteiger partial charge >= 0.3 is 0 Å². The Labute approximate surface area is 155 Å². The maximum atomic E-state index is 12.2. The van der Waals surface area contributed by atoms with Crippen LogP contribution in [0, 0.1) is 0 Å². The second kappa shape index (κ2) is 5.89. The molecule has 2 aromatic heterocycles. The molecule has 26 heavy (non-hydrogen) atoms. The monoisotopic (exact) mass is 366 g/mol. The maximum absolute atomic E-state index is 12.2. The molecule has 0 fully saturated rings. The average Bonchev–Trinajstić information content (AvgIpc) is 3.04. The highest BCUT2D eigenvalue weighted by Crippen LogP contribution is 2.49. The summed E-state index contributed by atoms with van der Waals surface area (Å²) < 4.78 is 6.19. The molecule has 1 aliphatic heterocycles. The molecule has 0 saturated heterocycles. The summed E-state index contributed by atoms with van der Waals surface area (Å²) in [5, 5.41) is 5.61. The van der Waals surface area contributed by atoms with Crippen LogP contribution in [0.25, 0.3) is 22.4 Å². The zero-order valence-electron chi connectivity index (χ0n) is 14.4. The molecule has 132 valence electrons. The number of benzene rings is 1. The number of carbonyl (C=O) groups excluding carboxylic acids is 1. The lowest BCUT2D eigenvalue weighted by atomic mass is 9.86. The lowest BCUT2D eigenvalue weighted by Crippen LogP contribution is -2.29. The fraction of sp³-hybridized carbons (Fsp3) is 0.158. The molecule has 0 radical (unpaired) electrons. The lowest BCUT2D eigenvalue weighted by molar-refractivity contribution is 0.0996. The first-order valence-electron chi connectivity index (χ1n) is 8.09. The van der Waals surface area contributed by atoms with Crippen molar-refractivity contribution in [1.29, 1.82) is 0 Å². The Morgan fingerprint density at radius 2 is 1.96 bits per heavy atom.